The van der Waals surface area contributed by atoms with Gasteiger partial charge in [0.05, 0.1) is 6.04 Å². The van der Waals surface area contributed by atoms with Crippen molar-refractivity contribution in [2.24, 2.45) is 0 Å². The monoisotopic (exact) mass is 405 g/mol. The summed E-state index contributed by atoms with van der Waals surface area (Å²) in [5.74, 6) is -2.43. The summed E-state index contributed by atoms with van der Waals surface area (Å²) in [7, 11) is 3.48. The first-order valence-electron chi connectivity index (χ1n) is 9.06. The number of carbonyl (C=O) groups is 2. The lowest BCUT2D eigenvalue weighted by atomic mass is 10.0. The van der Waals surface area contributed by atoms with Crippen LogP contribution in [0.4, 0.5) is 14.6 Å². The van der Waals surface area contributed by atoms with Crippen molar-refractivity contribution in [2.45, 2.75) is 32.0 Å². The summed E-state index contributed by atoms with van der Waals surface area (Å²) in [6, 6.07) is 5.28. The Balaban J connectivity index is 2.13. The molecule has 4 N–H and O–H groups in total. The van der Waals surface area contributed by atoms with E-state index in [0.29, 0.717) is 11.4 Å². The highest BCUT2D eigenvalue weighted by atomic mass is 19.2. The number of nitrogens with zero attached hydrogens (tertiary/aromatic N) is 2. The zero-order valence-electron chi connectivity index (χ0n) is 16.6. The first kappa shape index (κ1) is 22.2. The molecule has 0 spiro atoms. The average Bonchev–Trinajstić information content (AvgIpc) is 2.68. The summed E-state index contributed by atoms with van der Waals surface area (Å²) >= 11 is 0. The van der Waals surface area contributed by atoms with Crippen LogP contribution in [-0.4, -0.2) is 47.9 Å². The number of nitrogen functional groups attached to an aromatic ring is 1. The van der Waals surface area contributed by atoms with Crippen LogP contribution in [0, 0.1) is 11.6 Å². The molecule has 1 aromatic carbocycles. The molecule has 1 aromatic heterocycles. The molecular weight excluding hydrogens is 380 g/mol. The summed E-state index contributed by atoms with van der Waals surface area (Å²) in [5, 5.41) is 5.40. The van der Waals surface area contributed by atoms with E-state index >= 15 is 0 Å². The minimum atomic E-state index is -1.01. The second-order valence-electron chi connectivity index (χ2n) is 6.96. The molecule has 1 unspecified atom stereocenters. The Kier molecular flexibility index (Phi) is 7.60. The van der Waals surface area contributed by atoms with E-state index in [1.165, 1.54) is 12.3 Å². The number of halogens is 2. The predicted molar refractivity (Wildman–Crippen MR) is 106 cm³/mol. The van der Waals surface area contributed by atoms with E-state index in [9.17, 15) is 18.4 Å². The molecule has 0 saturated heterocycles. The SMILES string of the molecule is CC(C(=O)N[C@@H](Cc1ccc(F)c(F)c1)C(=O)NCc1ccc(N)nc1)N(C)C. The molecule has 0 aliphatic carbocycles. The molecular formula is C20H25F2N5O2. The van der Waals surface area contributed by atoms with Gasteiger partial charge >= 0.3 is 0 Å². The molecule has 2 amide bonds. The van der Waals surface area contributed by atoms with Crippen LogP contribution in [0.2, 0.25) is 0 Å². The lowest BCUT2D eigenvalue weighted by molar-refractivity contribution is -0.131. The lowest BCUT2D eigenvalue weighted by Crippen LogP contribution is -2.52. The summed E-state index contributed by atoms with van der Waals surface area (Å²) in [6.45, 7) is 1.88. The van der Waals surface area contributed by atoms with Gasteiger partial charge in [0.2, 0.25) is 11.8 Å². The highest BCUT2D eigenvalue weighted by molar-refractivity contribution is 5.89. The molecule has 0 fully saturated rings. The molecule has 7 nitrogen and oxygen atoms in total. The first-order valence-corrected chi connectivity index (χ1v) is 9.06. The zero-order chi connectivity index (χ0) is 21.6. The van der Waals surface area contributed by atoms with Crippen molar-refractivity contribution >= 4 is 17.6 Å². The number of anilines is 1. The molecule has 9 heteroatoms. The lowest BCUT2D eigenvalue weighted by Gasteiger charge is -2.24. The van der Waals surface area contributed by atoms with Crippen LogP contribution in [0.1, 0.15) is 18.1 Å². The molecule has 2 aromatic rings. The van der Waals surface area contributed by atoms with Crippen molar-refractivity contribution in [1.82, 2.24) is 20.5 Å². The van der Waals surface area contributed by atoms with Crippen molar-refractivity contribution in [3.63, 3.8) is 0 Å². The number of benzene rings is 1. The van der Waals surface area contributed by atoms with Crippen LogP contribution in [0.25, 0.3) is 0 Å². The standard InChI is InChI=1S/C20H25F2N5O2/c1-12(27(2)3)19(28)26-17(9-13-4-6-15(21)16(22)8-13)20(29)25-11-14-5-7-18(23)24-10-14/h4-8,10,12,17H,9,11H2,1-3H3,(H2,23,24)(H,25,29)(H,26,28)/t12?,17-/m0/s1. The van der Waals surface area contributed by atoms with Crippen LogP contribution in [0.3, 0.4) is 0 Å². The molecule has 29 heavy (non-hydrogen) atoms. The summed E-state index contributed by atoms with van der Waals surface area (Å²) in [4.78, 5) is 30.8. The molecule has 0 bridgehead atoms. The quantitative estimate of drug-likeness (QED) is 0.614. The van der Waals surface area contributed by atoms with Crippen LogP contribution in [-0.2, 0) is 22.6 Å². The van der Waals surface area contributed by atoms with E-state index in [1.54, 1.807) is 38.1 Å². The Morgan fingerprint density at radius 3 is 2.38 bits per heavy atom. The second kappa shape index (κ2) is 9.92. The maximum absolute atomic E-state index is 13.5. The highest BCUT2D eigenvalue weighted by Crippen LogP contribution is 2.11. The summed E-state index contributed by atoms with van der Waals surface area (Å²) in [6.07, 6.45) is 1.54. The van der Waals surface area contributed by atoms with Gasteiger partial charge in [-0.15, -0.1) is 0 Å². The molecule has 2 rings (SSSR count). The Hall–Kier alpha value is -3.07. The zero-order valence-corrected chi connectivity index (χ0v) is 16.6. The Morgan fingerprint density at radius 1 is 1.10 bits per heavy atom. The fourth-order valence-corrected chi connectivity index (χ4v) is 2.49. The third kappa shape index (κ3) is 6.49. The third-order valence-corrected chi connectivity index (χ3v) is 4.53. The van der Waals surface area contributed by atoms with E-state index < -0.39 is 29.6 Å². The first-order chi connectivity index (χ1) is 13.7. The molecule has 0 aliphatic rings. The number of nitrogens with two attached hydrogens (primary N) is 1. The van der Waals surface area contributed by atoms with Crippen LogP contribution < -0.4 is 16.4 Å². The number of pyridine rings is 1. The maximum Gasteiger partial charge on any atom is 0.243 e. The maximum atomic E-state index is 13.5. The van der Waals surface area contributed by atoms with Crippen LogP contribution >= 0.6 is 0 Å². The van der Waals surface area contributed by atoms with Gasteiger partial charge in [0, 0.05) is 19.2 Å². The number of hydrogen-bond acceptors (Lipinski definition) is 5. The Bertz CT molecular complexity index is 858. The van der Waals surface area contributed by atoms with Gasteiger partial charge in [-0.25, -0.2) is 13.8 Å². The van der Waals surface area contributed by atoms with Gasteiger partial charge in [0.15, 0.2) is 11.6 Å². The number of aromatic nitrogens is 1. The predicted octanol–water partition coefficient (Wildman–Crippen LogP) is 1.24. The minimum Gasteiger partial charge on any atom is -0.384 e. The Morgan fingerprint density at radius 2 is 1.79 bits per heavy atom. The van der Waals surface area contributed by atoms with E-state index in [4.69, 9.17) is 5.73 Å². The fourth-order valence-electron chi connectivity index (χ4n) is 2.49. The summed E-state index contributed by atoms with van der Waals surface area (Å²) in [5.41, 5.74) is 6.65. The van der Waals surface area contributed by atoms with Gasteiger partial charge in [-0.2, -0.15) is 0 Å². The highest BCUT2D eigenvalue weighted by Gasteiger charge is 2.25. The van der Waals surface area contributed by atoms with Gasteiger partial charge in [-0.1, -0.05) is 12.1 Å². The minimum absolute atomic E-state index is 0.00884. The number of nitrogens with one attached hydrogen (secondary N) is 2. The molecule has 0 radical (unpaired) electrons. The van der Waals surface area contributed by atoms with Gasteiger partial charge in [0.1, 0.15) is 11.9 Å². The fraction of sp³-hybridized carbons (Fsp3) is 0.350. The van der Waals surface area contributed by atoms with E-state index in [-0.39, 0.29) is 18.9 Å². The van der Waals surface area contributed by atoms with Crippen molar-refractivity contribution in [2.75, 3.05) is 19.8 Å². The summed E-state index contributed by atoms with van der Waals surface area (Å²) < 4.78 is 26.7. The molecule has 1 heterocycles. The molecule has 0 saturated carbocycles. The molecule has 156 valence electrons. The smallest absolute Gasteiger partial charge is 0.243 e. The number of carbonyl (C=O) groups excluding carboxylic acids is 2. The van der Waals surface area contributed by atoms with Crippen molar-refractivity contribution < 1.29 is 18.4 Å². The van der Waals surface area contributed by atoms with Crippen LogP contribution in [0.5, 0.6) is 0 Å². The average molecular weight is 405 g/mol. The Labute approximate surface area is 168 Å². The third-order valence-electron chi connectivity index (χ3n) is 4.53. The van der Waals surface area contributed by atoms with Gasteiger partial charge < -0.3 is 16.4 Å². The van der Waals surface area contributed by atoms with Crippen LogP contribution in [0.15, 0.2) is 36.5 Å². The van der Waals surface area contributed by atoms with Gasteiger partial charge in [0.25, 0.3) is 0 Å². The van der Waals surface area contributed by atoms with Gasteiger partial charge in [-0.3, -0.25) is 14.5 Å². The van der Waals surface area contributed by atoms with Gasteiger partial charge in [-0.05, 0) is 50.3 Å². The molecule has 0 aliphatic heterocycles. The van der Waals surface area contributed by atoms with Crippen molar-refractivity contribution in [3.05, 3.63) is 59.3 Å². The van der Waals surface area contributed by atoms with E-state index in [2.05, 4.69) is 15.6 Å². The van der Waals surface area contributed by atoms with E-state index in [1.807, 2.05) is 0 Å². The number of rotatable bonds is 8. The largest absolute Gasteiger partial charge is 0.384 e. The normalized spacial score (nSPS) is 13.0. The molecule has 2 atom stereocenters. The second-order valence-corrected chi connectivity index (χ2v) is 6.96. The van der Waals surface area contributed by atoms with Crippen molar-refractivity contribution in [1.29, 1.82) is 0 Å². The number of amides is 2. The van der Waals surface area contributed by atoms with E-state index in [0.717, 1.165) is 17.7 Å². The number of hydrogen-bond donors (Lipinski definition) is 3. The topological polar surface area (TPSA) is 100 Å². The van der Waals surface area contributed by atoms with Crippen molar-refractivity contribution in [3.8, 4) is 0 Å². The number of likely N-dealkylation sites (N-methyl/N-ethyl adjacent to an activating group) is 1.